The van der Waals surface area contributed by atoms with Gasteiger partial charge < -0.3 is 9.07 Å². The van der Waals surface area contributed by atoms with Crippen molar-refractivity contribution < 1.29 is 21.7 Å². The van der Waals surface area contributed by atoms with Crippen molar-refractivity contribution in [1.29, 1.82) is 0 Å². The van der Waals surface area contributed by atoms with E-state index in [4.69, 9.17) is 9.07 Å². The Morgan fingerprint density at radius 1 is 1.57 bits per heavy atom. The van der Waals surface area contributed by atoms with Crippen molar-refractivity contribution in [2.75, 3.05) is 0 Å². The van der Waals surface area contributed by atoms with Gasteiger partial charge in [0, 0.05) is 21.7 Å². The molecule has 0 amide bonds. The van der Waals surface area contributed by atoms with Crippen molar-refractivity contribution in [1.82, 2.24) is 0 Å². The van der Waals surface area contributed by atoms with Crippen LogP contribution in [-0.4, -0.2) is 19.3 Å². The molecule has 0 fully saturated rings. The standard InChI is InChI=1S/C4H9.ClH.Mg.Ti/c1-3-4-2;;;/h1,3-4H2,2H3;1H;;/q;;+1;/p-1. The van der Waals surface area contributed by atoms with E-state index in [1.807, 2.05) is 0 Å². The molecular formula is C4H9ClMgTi. The van der Waals surface area contributed by atoms with Gasteiger partial charge in [0.25, 0.3) is 0 Å². The maximum absolute atomic E-state index is 5.52. The van der Waals surface area contributed by atoms with Crippen LogP contribution in [0.2, 0.25) is 4.55 Å². The summed E-state index contributed by atoms with van der Waals surface area (Å²) in [5.41, 5.74) is 0. The molecule has 0 bridgehead atoms. The fraction of sp³-hybridized carbons (Fsp3) is 1.00. The maximum Gasteiger partial charge on any atom is 0.501 e. The van der Waals surface area contributed by atoms with E-state index in [0.717, 1.165) is 0 Å². The molecule has 0 aliphatic heterocycles. The molecule has 0 aliphatic carbocycles. The Hall–Kier alpha value is 1.77. The molecule has 0 aromatic carbocycles. The molecule has 0 saturated carbocycles. The summed E-state index contributed by atoms with van der Waals surface area (Å²) in [5.74, 6) is 0. The SMILES string of the molecule is CCC[CH2][Mg][Cl].[Ti]. The molecule has 0 saturated heterocycles. The summed E-state index contributed by atoms with van der Waals surface area (Å²) in [6, 6.07) is 0. The molecule has 0 aromatic rings. The van der Waals surface area contributed by atoms with E-state index in [1.165, 1.54) is 17.4 Å². The van der Waals surface area contributed by atoms with Crippen molar-refractivity contribution in [3.63, 3.8) is 0 Å². The van der Waals surface area contributed by atoms with Crippen LogP contribution in [0.1, 0.15) is 19.8 Å². The molecule has 3 heteroatoms. The Kier molecular flexibility index (Phi) is 17.7. The van der Waals surface area contributed by atoms with Gasteiger partial charge in [-0.25, -0.2) is 0 Å². The van der Waals surface area contributed by atoms with Crippen LogP contribution in [0.3, 0.4) is 0 Å². The van der Waals surface area contributed by atoms with E-state index >= 15 is 0 Å². The average molecular weight is 165 g/mol. The monoisotopic (exact) mass is 164 g/mol. The number of unbranched alkanes of at least 4 members (excludes halogenated alkanes) is 1. The zero-order chi connectivity index (χ0) is 4.83. The van der Waals surface area contributed by atoms with Gasteiger partial charge in [-0.15, -0.1) is 4.55 Å². The minimum Gasteiger partial charge on any atom is -0.346 e. The van der Waals surface area contributed by atoms with Crippen LogP contribution in [-0.2, 0) is 21.7 Å². The second kappa shape index (κ2) is 10.7. The predicted molar refractivity (Wildman–Crippen MR) is 31.3 cm³/mol. The van der Waals surface area contributed by atoms with Crippen LogP contribution in [0, 0.1) is 0 Å². The molecule has 0 rings (SSSR count). The zero-order valence-corrected chi connectivity index (χ0v) is 8.44. The molecule has 7 heavy (non-hydrogen) atoms. The van der Waals surface area contributed by atoms with Gasteiger partial charge in [0.05, 0.1) is 0 Å². The molecule has 0 radical (unpaired) electrons. The summed E-state index contributed by atoms with van der Waals surface area (Å²) in [5, 5.41) is 0. The first kappa shape index (κ1) is 11.6. The van der Waals surface area contributed by atoms with Crippen LogP contribution in [0.15, 0.2) is 0 Å². The minimum atomic E-state index is -0.125. The molecule has 0 aromatic heterocycles. The Morgan fingerprint density at radius 3 is 2.29 bits per heavy atom. The zero-order valence-electron chi connectivity index (χ0n) is 4.71. The Labute approximate surface area is 73.8 Å². The first-order valence-electron chi connectivity index (χ1n) is 2.47. The number of rotatable bonds is 3. The van der Waals surface area contributed by atoms with E-state index in [-0.39, 0.29) is 41.0 Å². The van der Waals surface area contributed by atoms with Gasteiger partial charge in [-0.05, 0) is 0 Å². The van der Waals surface area contributed by atoms with Crippen LogP contribution in [0.25, 0.3) is 0 Å². The van der Waals surface area contributed by atoms with Gasteiger partial charge in [0.2, 0.25) is 0 Å². The summed E-state index contributed by atoms with van der Waals surface area (Å²) in [6.07, 6.45) is 2.65. The third-order valence-electron chi connectivity index (χ3n) is 0.737. The Morgan fingerprint density at radius 2 is 2.14 bits per heavy atom. The first-order valence-corrected chi connectivity index (χ1v) is 5.61. The quantitative estimate of drug-likeness (QED) is 0.443. The van der Waals surface area contributed by atoms with Gasteiger partial charge in [-0.2, -0.15) is 0 Å². The van der Waals surface area contributed by atoms with E-state index in [2.05, 4.69) is 6.92 Å². The summed E-state index contributed by atoms with van der Waals surface area (Å²) in [7, 11) is 5.52. The molecule has 0 atom stereocenters. The molecule has 0 nitrogen and oxygen atoms in total. The van der Waals surface area contributed by atoms with E-state index in [1.54, 1.807) is 0 Å². The molecular weight excluding hydrogens is 156 g/mol. The van der Waals surface area contributed by atoms with Crippen LogP contribution in [0.5, 0.6) is 0 Å². The predicted octanol–water partition coefficient (Wildman–Crippen LogP) is 2.06. The first-order chi connectivity index (χ1) is 2.91. The molecule has 0 spiro atoms. The van der Waals surface area contributed by atoms with E-state index in [0.29, 0.717) is 0 Å². The topological polar surface area (TPSA) is 0 Å². The minimum absolute atomic E-state index is 0. The van der Waals surface area contributed by atoms with Crippen molar-refractivity contribution in [3.8, 4) is 0 Å². The fourth-order valence-electron chi connectivity index (χ4n) is 0.344. The van der Waals surface area contributed by atoms with E-state index < -0.39 is 0 Å². The van der Waals surface area contributed by atoms with Crippen molar-refractivity contribution in [3.05, 3.63) is 0 Å². The number of halogens is 1. The summed E-state index contributed by atoms with van der Waals surface area (Å²) < 4.78 is 1.32. The smallest absolute Gasteiger partial charge is 0.346 e. The van der Waals surface area contributed by atoms with E-state index in [9.17, 15) is 0 Å². The maximum atomic E-state index is 5.52. The van der Waals surface area contributed by atoms with Crippen molar-refractivity contribution >= 4 is 28.3 Å². The normalized spacial score (nSPS) is 6.57. The molecule has 38 valence electrons. The third kappa shape index (κ3) is 11.4. The van der Waals surface area contributed by atoms with Crippen molar-refractivity contribution in [2.24, 2.45) is 0 Å². The number of hydrogen-bond donors (Lipinski definition) is 0. The largest absolute Gasteiger partial charge is 0.501 e. The van der Waals surface area contributed by atoms with Crippen LogP contribution >= 0.6 is 9.07 Å². The van der Waals surface area contributed by atoms with Gasteiger partial charge in [0.15, 0.2) is 0 Å². The molecule has 0 unspecified atom stereocenters. The van der Waals surface area contributed by atoms with Gasteiger partial charge in [-0.3, -0.25) is 0 Å². The number of hydrogen-bond acceptors (Lipinski definition) is 0. The van der Waals surface area contributed by atoms with Crippen LogP contribution in [0.4, 0.5) is 0 Å². The second-order valence-corrected chi connectivity index (χ2v) is 3.62. The third-order valence-corrected chi connectivity index (χ3v) is 2.31. The van der Waals surface area contributed by atoms with Gasteiger partial charge in [0.1, 0.15) is 0 Å². The van der Waals surface area contributed by atoms with Gasteiger partial charge in [-0.1, -0.05) is 19.8 Å². The average Bonchev–Trinajstić information content (AvgIpc) is 1.61. The van der Waals surface area contributed by atoms with Crippen LogP contribution < -0.4 is 0 Å². The summed E-state index contributed by atoms with van der Waals surface area (Å²) in [4.78, 5) is 0. The molecule has 0 aliphatic rings. The fourth-order valence-corrected chi connectivity index (χ4v) is 1.60. The Bertz CT molecular complexity index is 23.7. The second-order valence-electron chi connectivity index (χ2n) is 1.40. The summed E-state index contributed by atoms with van der Waals surface area (Å²) >= 11 is -0.125. The van der Waals surface area contributed by atoms with Gasteiger partial charge >= 0.3 is 19.3 Å². The molecule has 0 N–H and O–H groups in total. The van der Waals surface area contributed by atoms with Crippen molar-refractivity contribution in [2.45, 2.75) is 24.3 Å². The molecule has 0 heterocycles. The Balaban J connectivity index is 0. The summed E-state index contributed by atoms with van der Waals surface area (Å²) in [6.45, 7) is 2.20.